The molecule has 1 fully saturated rings. The van der Waals surface area contributed by atoms with E-state index >= 15 is 0 Å². The number of alkyl halides is 6. The van der Waals surface area contributed by atoms with E-state index in [0.717, 1.165) is 23.1 Å². The number of likely N-dealkylation sites (tertiary alicyclic amines) is 1. The van der Waals surface area contributed by atoms with Crippen LogP contribution in [0.1, 0.15) is 43.9 Å². The standard InChI is InChI=1S/C31H29F8NO3S/c1-27(2,3)43-26(41)40-17-16-28(19-40,44-22-8-5-4-6-9-22)20-12-14-21(15-13-20)29(30(34,35)36,31(37,38)39)42-18-23-24(32)10-7-11-25(23)33/h4-15H,16-19H2,1-3H3. The molecule has 13 heteroatoms. The quantitative estimate of drug-likeness (QED) is 0.240. The zero-order valence-corrected chi connectivity index (χ0v) is 24.7. The molecular weight excluding hydrogens is 618 g/mol. The fourth-order valence-corrected chi connectivity index (χ4v) is 6.36. The van der Waals surface area contributed by atoms with E-state index in [0.29, 0.717) is 36.2 Å². The Kier molecular flexibility index (Phi) is 9.33. The number of hydrogen-bond donors (Lipinski definition) is 0. The number of nitrogens with zero attached hydrogens (tertiary/aromatic N) is 1. The molecule has 1 atom stereocenters. The summed E-state index contributed by atoms with van der Waals surface area (Å²) in [7, 11) is 0. The molecule has 1 saturated heterocycles. The predicted octanol–water partition coefficient (Wildman–Crippen LogP) is 9.13. The summed E-state index contributed by atoms with van der Waals surface area (Å²) in [6.45, 7) is 3.74. The third kappa shape index (κ3) is 6.83. The monoisotopic (exact) mass is 647 g/mol. The van der Waals surface area contributed by atoms with Gasteiger partial charge in [0.1, 0.15) is 17.2 Å². The van der Waals surface area contributed by atoms with Gasteiger partial charge < -0.3 is 14.4 Å². The molecule has 1 amide bonds. The smallest absolute Gasteiger partial charge is 0.430 e. The Morgan fingerprint density at radius 3 is 1.93 bits per heavy atom. The van der Waals surface area contributed by atoms with Crippen LogP contribution in [0.4, 0.5) is 39.9 Å². The van der Waals surface area contributed by atoms with E-state index < -0.39 is 63.8 Å². The maximum atomic E-state index is 14.4. The van der Waals surface area contributed by atoms with Crippen molar-refractivity contribution in [3.8, 4) is 0 Å². The second-order valence-corrected chi connectivity index (χ2v) is 12.8. The van der Waals surface area contributed by atoms with Crippen LogP contribution in [0.25, 0.3) is 0 Å². The Morgan fingerprint density at radius 1 is 0.841 bits per heavy atom. The third-order valence-electron chi connectivity index (χ3n) is 7.05. The lowest BCUT2D eigenvalue weighted by molar-refractivity contribution is -0.392. The molecule has 1 aliphatic heterocycles. The first-order valence-electron chi connectivity index (χ1n) is 13.4. The number of carbonyl (C=O) groups excluding carboxylic acids is 1. The summed E-state index contributed by atoms with van der Waals surface area (Å²) in [6, 6.07) is 14.8. The highest BCUT2D eigenvalue weighted by Crippen LogP contribution is 2.54. The molecule has 44 heavy (non-hydrogen) atoms. The van der Waals surface area contributed by atoms with Crippen LogP contribution in [0.5, 0.6) is 0 Å². The van der Waals surface area contributed by atoms with Crippen LogP contribution in [0.3, 0.4) is 0 Å². The molecule has 0 radical (unpaired) electrons. The van der Waals surface area contributed by atoms with E-state index in [1.165, 1.54) is 16.7 Å². The minimum absolute atomic E-state index is 0.0631. The Bertz CT molecular complexity index is 1420. The minimum atomic E-state index is -6.06. The zero-order chi connectivity index (χ0) is 32.6. The van der Waals surface area contributed by atoms with Crippen LogP contribution in [-0.4, -0.2) is 42.0 Å². The van der Waals surface area contributed by atoms with E-state index in [9.17, 15) is 39.9 Å². The maximum Gasteiger partial charge on any atom is 0.430 e. The number of ether oxygens (including phenoxy) is 2. The van der Waals surface area contributed by atoms with Gasteiger partial charge in [-0.25, -0.2) is 13.6 Å². The van der Waals surface area contributed by atoms with Gasteiger partial charge in [0.05, 0.1) is 11.4 Å². The molecule has 0 spiro atoms. The summed E-state index contributed by atoms with van der Waals surface area (Å²) in [5, 5.41) is 0. The first kappa shape index (κ1) is 33.6. The molecule has 0 saturated carbocycles. The number of amides is 1. The molecule has 238 valence electrons. The van der Waals surface area contributed by atoms with Gasteiger partial charge in [0, 0.05) is 29.1 Å². The second-order valence-electron chi connectivity index (χ2n) is 11.3. The van der Waals surface area contributed by atoms with Gasteiger partial charge in [0.15, 0.2) is 0 Å². The van der Waals surface area contributed by atoms with E-state index in [2.05, 4.69) is 4.74 Å². The average molecular weight is 648 g/mol. The van der Waals surface area contributed by atoms with Crippen LogP contribution >= 0.6 is 11.8 Å². The largest absolute Gasteiger partial charge is 0.444 e. The van der Waals surface area contributed by atoms with E-state index in [4.69, 9.17) is 4.74 Å². The van der Waals surface area contributed by atoms with Gasteiger partial charge >= 0.3 is 18.4 Å². The average Bonchev–Trinajstić information content (AvgIpc) is 3.34. The Balaban J connectivity index is 1.75. The van der Waals surface area contributed by atoms with Crippen LogP contribution in [0.15, 0.2) is 77.7 Å². The molecule has 0 aromatic heterocycles. The lowest BCUT2D eigenvalue weighted by Crippen LogP contribution is -2.56. The van der Waals surface area contributed by atoms with Crippen molar-refractivity contribution in [1.82, 2.24) is 4.90 Å². The van der Waals surface area contributed by atoms with E-state index in [1.807, 2.05) is 0 Å². The van der Waals surface area contributed by atoms with Gasteiger partial charge in [-0.1, -0.05) is 48.5 Å². The van der Waals surface area contributed by atoms with Gasteiger partial charge in [0.25, 0.3) is 5.60 Å². The van der Waals surface area contributed by atoms with E-state index in [-0.39, 0.29) is 13.1 Å². The Labute approximate surface area is 253 Å². The summed E-state index contributed by atoms with van der Waals surface area (Å²) < 4.78 is 124. The van der Waals surface area contributed by atoms with Crippen molar-refractivity contribution in [3.63, 3.8) is 0 Å². The highest BCUT2D eigenvalue weighted by molar-refractivity contribution is 8.00. The van der Waals surface area contributed by atoms with Gasteiger partial charge in [-0.2, -0.15) is 26.3 Å². The number of carbonyl (C=O) groups is 1. The summed E-state index contributed by atoms with van der Waals surface area (Å²) in [5.41, 5.74) is -7.72. The number of halogens is 8. The summed E-state index contributed by atoms with van der Waals surface area (Å²) in [5.74, 6) is -2.71. The normalized spacial score (nSPS) is 18.0. The van der Waals surface area contributed by atoms with Gasteiger partial charge in [-0.05, 0) is 57.0 Å². The van der Waals surface area contributed by atoms with Crippen LogP contribution in [0, 0.1) is 11.6 Å². The first-order chi connectivity index (χ1) is 20.4. The van der Waals surface area contributed by atoms with Crippen LogP contribution < -0.4 is 0 Å². The molecule has 1 heterocycles. The lowest BCUT2D eigenvalue weighted by Gasteiger charge is -2.38. The number of rotatable bonds is 7. The summed E-state index contributed by atoms with van der Waals surface area (Å²) in [6.07, 6.45) is -12.4. The van der Waals surface area contributed by atoms with Crippen molar-refractivity contribution >= 4 is 17.9 Å². The Morgan fingerprint density at radius 2 is 1.41 bits per heavy atom. The lowest BCUT2D eigenvalue weighted by atomic mass is 9.88. The highest BCUT2D eigenvalue weighted by atomic mass is 32.2. The molecule has 3 aromatic carbocycles. The molecule has 4 rings (SSSR count). The molecule has 1 aliphatic rings. The predicted molar refractivity (Wildman–Crippen MR) is 148 cm³/mol. The van der Waals surface area contributed by atoms with Crippen molar-refractivity contribution in [2.45, 2.75) is 67.0 Å². The van der Waals surface area contributed by atoms with Crippen LogP contribution in [0.2, 0.25) is 0 Å². The third-order valence-corrected chi connectivity index (χ3v) is 8.52. The van der Waals surface area contributed by atoms with Crippen molar-refractivity contribution in [3.05, 3.63) is 101 Å². The fraction of sp³-hybridized carbons (Fsp3) is 0.387. The number of hydrogen-bond acceptors (Lipinski definition) is 4. The maximum absolute atomic E-state index is 14.4. The molecule has 0 bridgehead atoms. The molecule has 1 unspecified atom stereocenters. The van der Waals surface area contributed by atoms with Gasteiger partial charge in [-0.15, -0.1) is 11.8 Å². The molecular formula is C31H29F8NO3S. The summed E-state index contributed by atoms with van der Waals surface area (Å²) >= 11 is 1.32. The van der Waals surface area contributed by atoms with Gasteiger partial charge in [-0.3, -0.25) is 0 Å². The first-order valence-corrected chi connectivity index (χ1v) is 14.2. The zero-order valence-electron chi connectivity index (χ0n) is 23.9. The van der Waals surface area contributed by atoms with Crippen molar-refractivity contribution < 1.29 is 49.4 Å². The number of thioether (sulfide) groups is 1. The number of benzene rings is 3. The van der Waals surface area contributed by atoms with Crippen molar-refractivity contribution in [2.75, 3.05) is 13.1 Å². The Hall–Kier alpha value is -3.32. The van der Waals surface area contributed by atoms with Crippen LogP contribution in [-0.2, 0) is 26.4 Å². The topological polar surface area (TPSA) is 38.8 Å². The van der Waals surface area contributed by atoms with E-state index in [1.54, 1.807) is 51.1 Å². The highest BCUT2D eigenvalue weighted by Gasteiger charge is 2.73. The molecule has 0 N–H and O–H groups in total. The second kappa shape index (κ2) is 12.2. The molecule has 0 aliphatic carbocycles. The SMILES string of the molecule is CC(C)(C)OC(=O)N1CCC(Sc2ccccc2)(c2ccc(C(OCc3c(F)cccc3F)(C(F)(F)F)C(F)(F)F)cc2)C1. The molecule has 3 aromatic rings. The molecule has 4 nitrogen and oxygen atoms in total. The fourth-order valence-electron chi connectivity index (χ4n) is 4.95. The van der Waals surface area contributed by atoms with Crippen molar-refractivity contribution in [1.29, 1.82) is 0 Å². The van der Waals surface area contributed by atoms with Crippen molar-refractivity contribution in [2.24, 2.45) is 0 Å². The minimum Gasteiger partial charge on any atom is -0.444 e. The summed E-state index contributed by atoms with van der Waals surface area (Å²) in [4.78, 5) is 15.1. The van der Waals surface area contributed by atoms with Gasteiger partial charge in [0.2, 0.25) is 0 Å².